The van der Waals surface area contributed by atoms with Gasteiger partial charge in [-0.05, 0) is 76.1 Å². The molecule has 5 nitrogen and oxygen atoms in total. The number of nitrogens with zero attached hydrogens (tertiary/aromatic N) is 1. The molecule has 1 N–H and O–H groups in total. The van der Waals surface area contributed by atoms with Crippen LogP contribution >= 0.6 is 39.1 Å². The molecule has 2 amide bonds. The van der Waals surface area contributed by atoms with E-state index in [2.05, 4.69) is 28.2 Å². The number of hydrogen-bond donors (Lipinski definition) is 1. The number of rotatable bonds is 11. The van der Waals surface area contributed by atoms with Crippen LogP contribution in [-0.2, 0) is 29.0 Å². The summed E-state index contributed by atoms with van der Waals surface area (Å²) in [5.41, 5.74) is 2.90. The molecule has 1 fully saturated rings. The summed E-state index contributed by atoms with van der Waals surface area (Å²) in [6.07, 6.45) is 5.37. The van der Waals surface area contributed by atoms with Crippen LogP contribution in [0.2, 0.25) is 10.0 Å². The molecule has 4 rings (SSSR count). The number of nitrogens with one attached hydrogen (secondary N) is 1. The summed E-state index contributed by atoms with van der Waals surface area (Å²) in [5, 5.41) is 4.04. The van der Waals surface area contributed by atoms with Gasteiger partial charge in [0.1, 0.15) is 11.8 Å². The number of benzene rings is 3. The minimum Gasteiger partial charge on any atom is -0.483 e. The summed E-state index contributed by atoms with van der Waals surface area (Å²) >= 11 is 16.0. The average Bonchev–Trinajstić information content (AvgIpc) is 3.45. The van der Waals surface area contributed by atoms with Crippen molar-refractivity contribution >= 4 is 50.9 Å². The van der Waals surface area contributed by atoms with Gasteiger partial charge in [0.25, 0.3) is 5.91 Å². The number of halogens is 3. The number of aryl methyl sites for hydroxylation is 1. The van der Waals surface area contributed by atoms with Crippen molar-refractivity contribution in [2.24, 2.45) is 0 Å². The van der Waals surface area contributed by atoms with Crippen molar-refractivity contribution in [1.29, 1.82) is 0 Å². The highest BCUT2D eigenvalue weighted by molar-refractivity contribution is 9.10. The van der Waals surface area contributed by atoms with Crippen molar-refractivity contribution in [3.8, 4) is 5.75 Å². The minimum atomic E-state index is -0.732. The first-order chi connectivity index (χ1) is 18.8. The second-order valence-corrected chi connectivity index (χ2v) is 11.5. The van der Waals surface area contributed by atoms with Crippen molar-refractivity contribution in [2.75, 3.05) is 6.61 Å². The maximum Gasteiger partial charge on any atom is 0.261 e. The van der Waals surface area contributed by atoms with E-state index in [1.165, 1.54) is 0 Å². The standard InChI is InChI=1S/C31H33BrCl2N2O3/c1-2-21-13-15-29(25(32)16-21)39-20-30(37)36(19-23-12-14-26(33)27(34)17-23)28(18-22-8-4-3-5-9-22)31(38)35-24-10-6-7-11-24/h3-5,8-9,12-17,24,28H,2,6-7,10-11,18-20H2,1H3,(H,35,38)/t28-/m0/s1. The third-order valence-corrected chi connectivity index (χ3v) is 8.42. The van der Waals surface area contributed by atoms with E-state index in [1.54, 1.807) is 17.0 Å². The zero-order valence-electron chi connectivity index (χ0n) is 22.0. The molecule has 0 bridgehead atoms. The lowest BCUT2D eigenvalue weighted by atomic mass is 10.0. The molecule has 0 spiro atoms. The normalized spacial score (nSPS) is 14.2. The highest BCUT2D eigenvalue weighted by atomic mass is 79.9. The van der Waals surface area contributed by atoms with Gasteiger partial charge in [0.15, 0.2) is 6.61 Å². The second kappa shape index (κ2) is 14.2. The molecule has 1 aliphatic rings. The SMILES string of the molecule is CCc1ccc(OCC(=O)N(Cc2ccc(Cl)c(Cl)c2)[C@@H](Cc2ccccc2)C(=O)NC2CCCC2)c(Br)c1. The van der Waals surface area contributed by atoms with E-state index in [4.69, 9.17) is 27.9 Å². The Hall–Kier alpha value is -2.54. The number of carbonyl (C=O) groups is 2. The van der Waals surface area contributed by atoms with E-state index in [-0.39, 0.29) is 31.0 Å². The van der Waals surface area contributed by atoms with Crippen molar-refractivity contribution in [3.63, 3.8) is 0 Å². The number of amides is 2. The lowest BCUT2D eigenvalue weighted by molar-refractivity contribution is -0.143. The minimum absolute atomic E-state index is 0.127. The van der Waals surface area contributed by atoms with E-state index in [0.29, 0.717) is 22.2 Å². The van der Waals surface area contributed by atoms with E-state index in [1.807, 2.05) is 54.6 Å². The van der Waals surface area contributed by atoms with E-state index in [9.17, 15) is 9.59 Å². The lowest BCUT2D eigenvalue weighted by Gasteiger charge is -2.32. The molecule has 0 aliphatic heterocycles. The van der Waals surface area contributed by atoms with Gasteiger partial charge < -0.3 is 15.0 Å². The largest absolute Gasteiger partial charge is 0.483 e. The fraction of sp³-hybridized carbons (Fsp3) is 0.355. The van der Waals surface area contributed by atoms with Crippen LogP contribution in [-0.4, -0.2) is 35.4 Å². The highest BCUT2D eigenvalue weighted by Crippen LogP contribution is 2.28. The molecule has 3 aromatic carbocycles. The summed E-state index contributed by atoms with van der Waals surface area (Å²) in [7, 11) is 0. The van der Waals surface area contributed by atoms with Gasteiger partial charge in [-0.2, -0.15) is 0 Å². The predicted molar refractivity (Wildman–Crippen MR) is 160 cm³/mol. The smallest absolute Gasteiger partial charge is 0.261 e. The number of carbonyl (C=O) groups excluding carboxylic acids is 2. The van der Waals surface area contributed by atoms with E-state index < -0.39 is 6.04 Å². The van der Waals surface area contributed by atoms with Crippen LogP contribution in [0.5, 0.6) is 5.75 Å². The fourth-order valence-electron chi connectivity index (χ4n) is 4.86. The maximum absolute atomic E-state index is 13.8. The Kier molecular flexibility index (Phi) is 10.7. The third kappa shape index (κ3) is 8.23. The van der Waals surface area contributed by atoms with E-state index in [0.717, 1.165) is 53.3 Å². The van der Waals surface area contributed by atoms with Gasteiger partial charge in [0.05, 0.1) is 14.5 Å². The first-order valence-corrected chi connectivity index (χ1v) is 14.9. The first kappa shape index (κ1) is 29.4. The summed E-state index contributed by atoms with van der Waals surface area (Å²) in [6, 6.07) is 20.2. The summed E-state index contributed by atoms with van der Waals surface area (Å²) in [5.74, 6) is 0.118. The van der Waals surface area contributed by atoms with Gasteiger partial charge >= 0.3 is 0 Å². The Labute approximate surface area is 249 Å². The third-order valence-electron chi connectivity index (χ3n) is 7.07. The van der Waals surface area contributed by atoms with E-state index >= 15 is 0 Å². The Morgan fingerprint density at radius 3 is 2.36 bits per heavy atom. The molecule has 0 saturated heterocycles. The lowest BCUT2D eigenvalue weighted by Crippen LogP contribution is -2.53. The topological polar surface area (TPSA) is 58.6 Å². The molecule has 1 atom stereocenters. The molecule has 0 aromatic heterocycles. The molecule has 8 heteroatoms. The first-order valence-electron chi connectivity index (χ1n) is 13.3. The molecule has 39 heavy (non-hydrogen) atoms. The molecule has 0 radical (unpaired) electrons. The molecular formula is C31H33BrCl2N2O3. The van der Waals surface area contributed by atoms with Crippen LogP contribution in [0.3, 0.4) is 0 Å². The van der Waals surface area contributed by atoms with Gasteiger partial charge in [-0.1, -0.05) is 85.4 Å². The number of hydrogen-bond acceptors (Lipinski definition) is 3. The molecule has 0 unspecified atom stereocenters. The van der Waals surface area contributed by atoms with Crippen LogP contribution in [0.15, 0.2) is 71.2 Å². The van der Waals surface area contributed by atoms with Crippen molar-refractivity contribution < 1.29 is 14.3 Å². The summed E-state index contributed by atoms with van der Waals surface area (Å²) in [6.45, 7) is 2.05. The Morgan fingerprint density at radius 2 is 1.69 bits per heavy atom. The fourth-order valence-corrected chi connectivity index (χ4v) is 5.72. The molecule has 1 aliphatic carbocycles. The summed E-state index contributed by atoms with van der Waals surface area (Å²) < 4.78 is 6.74. The van der Waals surface area contributed by atoms with Crippen molar-refractivity contribution in [1.82, 2.24) is 10.2 Å². The Morgan fingerprint density at radius 1 is 0.974 bits per heavy atom. The summed E-state index contributed by atoms with van der Waals surface area (Å²) in [4.78, 5) is 29.2. The maximum atomic E-state index is 13.8. The van der Waals surface area contributed by atoms with Crippen molar-refractivity contribution in [2.45, 2.75) is 64.1 Å². The molecular weight excluding hydrogens is 599 g/mol. The van der Waals surface area contributed by atoms with Gasteiger partial charge in [0, 0.05) is 19.0 Å². The van der Waals surface area contributed by atoms with Crippen LogP contribution in [0, 0.1) is 0 Å². The molecule has 3 aromatic rings. The zero-order valence-corrected chi connectivity index (χ0v) is 25.1. The van der Waals surface area contributed by atoms with Crippen molar-refractivity contribution in [3.05, 3.63) is 97.9 Å². The monoisotopic (exact) mass is 630 g/mol. The van der Waals surface area contributed by atoms with Crippen LogP contribution in [0.25, 0.3) is 0 Å². The van der Waals surface area contributed by atoms with Gasteiger partial charge in [0.2, 0.25) is 5.91 Å². The Balaban J connectivity index is 1.63. The molecule has 1 saturated carbocycles. The second-order valence-electron chi connectivity index (χ2n) is 9.87. The van der Waals surface area contributed by atoms with Crippen LogP contribution in [0.1, 0.15) is 49.3 Å². The van der Waals surface area contributed by atoms with Gasteiger partial charge in [-0.3, -0.25) is 9.59 Å². The zero-order chi connectivity index (χ0) is 27.8. The quantitative estimate of drug-likeness (QED) is 0.240. The highest BCUT2D eigenvalue weighted by Gasteiger charge is 2.32. The molecule has 206 valence electrons. The van der Waals surface area contributed by atoms with Crippen LogP contribution < -0.4 is 10.1 Å². The average molecular weight is 632 g/mol. The molecule has 0 heterocycles. The van der Waals surface area contributed by atoms with Gasteiger partial charge in [-0.25, -0.2) is 0 Å². The predicted octanol–water partition coefficient (Wildman–Crippen LogP) is 7.40. The van der Waals surface area contributed by atoms with Gasteiger partial charge in [-0.15, -0.1) is 0 Å². The number of ether oxygens (including phenoxy) is 1. The van der Waals surface area contributed by atoms with Crippen LogP contribution in [0.4, 0.5) is 0 Å². The Bertz CT molecular complexity index is 1280.